The number of cyclic esters (lactones) is 1. The number of hydrogen-bond donors (Lipinski definition) is 0. The number of ether oxygens (including phenoxy) is 1. The smallest absolute Gasteiger partial charge is 0.308 e. The van der Waals surface area contributed by atoms with Crippen LogP contribution in [-0.4, -0.2) is 20.3 Å². The lowest BCUT2D eigenvalue weighted by molar-refractivity contribution is -0.148. The normalized spacial score (nSPS) is 34.8. The quantitative estimate of drug-likeness (QED) is 0.439. The van der Waals surface area contributed by atoms with E-state index < -0.39 is 8.07 Å². The second-order valence-corrected chi connectivity index (χ2v) is 9.90. The Kier molecular flexibility index (Phi) is 2.86. The zero-order valence-electron chi connectivity index (χ0n) is 10.6. The fraction of sp³-hybridized carbons (Fsp3) is 0.400. The molecule has 2 nitrogen and oxygen atoms in total. The minimum atomic E-state index is -1.75. The highest BCUT2D eigenvalue weighted by Crippen LogP contribution is 2.41. The highest BCUT2D eigenvalue weighted by atomic mass is 28.3. The van der Waals surface area contributed by atoms with Crippen LogP contribution in [0.4, 0.5) is 0 Å². The molecule has 0 bridgehead atoms. The van der Waals surface area contributed by atoms with E-state index in [-0.39, 0.29) is 11.9 Å². The third-order valence-corrected chi connectivity index (χ3v) is 8.87. The van der Waals surface area contributed by atoms with E-state index in [0.717, 1.165) is 12.8 Å². The fourth-order valence-electron chi connectivity index (χ4n) is 3.27. The van der Waals surface area contributed by atoms with Crippen LogP contribution in [-0.2, 0) is 9.53 Å². The molecule has 0 unspecified atom stereocenters. The van der Waals surface area contributed by atoms with Crippen molar-refractivity contribution < 1.29 is 9.53 Å². The van der Waals surface area contributed by atoms with Gasteiger partial charge < -0.3 is 4.74 Å². The van der Waals surface area contributed by atoms with Gasteiger partial charge in [-0.1, -0.05) is 54.2 Å². The SMILES string of the molecule is C[Si@@]1(c2ccccc2)COC(=O)[C@H]2CCC=C[C@H]21. The molecule has 0 amide bonds. The first-order valence-electron chi connectivity index (χ1n) is 6.61. The number of carbonyl (C=O) groups excluding carboxylic acids is 1. The molecule has 0 N–H and O–H groups in total. The van der Waals surface area contributed by atoms with Crippen molar-refractivity contribution >= 4 is 19.2 Å². The molecule has 0 saturated carbocycles. The highest BCUT2D eigenvalue weighted by molar-refractivity contribution is 6.93. The molecule has 1 saturated heterocycles. The van der Waals surface area contributed by atoms with Gasteiger partial charge in [0, 0.05) is 0 Å². The molecule has 2 aliphatic rings. The minimum Gasteiger partial charge on any atom is -0.469 e. The van der Waals surface area contributed by atoms with E-state index in [1.54, 1.807) is 0 Å². The van der Waals surface area contributed by atoms with E-state index in [1.807, 2.05) is 6.07 Å². The predicted octanol–water partition coefficient (Wildman–Crippen LogP) is 2.40. The highest BCUT2D eigenvalue weighted by Gasteiger charge is 2.49. The summed E-state index contributed by atoms with van der Waals surface area (Å²) in [5.41, 5.74) is 0.412. The van der Waals surface area contributed by atoms with Crippen molar-refractivity contribution in [3.8, 4) is 0 Å². The fourth-order valence-corrected chi connectivity index (χ4v) is 7.16. The zero-order valence-corrected chi connectivity index (χ0v) is 11.6. The Morgan fingerprint density at radius 2 is 2.06 bits per heavy atom. The lowest BCUT2D eigenvalue weighted by atomic mass is 9.94. The van der Waals surface area contributed by atoms with Crippen molar-refractivity contribution in [2.45, 2.75) is 24.9 Å². The van der Waals surface area contributed by atoms with Gasteiger partial charge >= 0.3 is 5.97 Å². The predicted molar refractivity (Wildman–Crippen MR) is 74.3 cm³/mol. The van der Waals surface area contributed by atoms with Crippen LogP contribution in [0.3, 0.4) is 0 Å². The summed E-state index contributed by atoms with van der Waals surface area (Å²) >= 11 is 0. The maximum absolute atomic E-state index is 11.9. The van der Waals surface area contributed by atoms with E-state index >= 15 is 0 Å². The van der Waals surface area contributed by atoms with Gasteiger partial charge in [-0.15, -0.1) is 0 Å². The van der Waals surface area contributed by atoms with Crippen LogP contribution < -0.4 is 5.19 Å². The van der Waals surface area contributed by atoms with Gasteiger partial charge in [0.1, 0.15) is 8.07 Å². The molecule has 0 spiro atoms. The molecule has 1 aromatic rings. The molecule has 1 aliphatic carbocycles. The van der Waals surface area contributed by atoms with Gasteiger partial charge in [0.05, 0.1) is 12.1 Å². The standard InChI is InChI=1S/C15H18O2Si/c1-18(12-7-3-2-4-8-12)11-17-15(16)13-9-5-6-10-14(13)18/h2-4,6-8,10,13-14H,5,9,11H2,1H3/t13-,14+,18-/m0/s1. The van der Waals surface area contributed by atoms with Gasteiger partial charge in [-0.3, -0.25) is 4.79 Å². The Labute approximate surface area is 109 Å². The number of allylic oxidation sites excluding steroid dienone is 2. The van der Waals surface area contributed by atoms with Crippen LogP contribution >= 0.6 is 0 Å². The van der Waals surface area contributed by atoms with E-state index in [9.17, 15) is 4.79 Å². The lowest BCUT2D eigenvalue weighted by Gasteiger charge is -2.43. The van der Waals surface area contributed by atoms with Crippen molar-refractivity contribution in [1.29, 1.82) is 0 Å². The van der Waals surface area contributed by atoms with Crippen LogP contribution in [0.25, 0.3) is 0 Å². The maximum atomic E-state index is 11.9. The maximum Gasteiger partial charge on any atom is 0.308 e. The summed E-state index contributed by atoms with van der Waals surface area (Å²) in [7, 11) is -1.75. The Balaban J connectivity index is 2.03. The molecule has 1 heterocycles. The van der Waals surface area contributed by atoms with Crippen LogP contribution in [0.2, 0.25) is 12.1 Å². The third kappa shape index (κ3) is 1.74. The largest absolute Gasteiger partial charge is 0.469 e. The molecule has 94 valence electrons. The van der Waals surface area contributed by atoms with Gasteiger partial charge in [-0.2, -0.15) is 0 Å². The molecule has 3 heteroatoms. The Morgan fingerprint density at radius 3 is 2.83 bits per heavy atom. The molecule has 0 radical (unpaired) electrons. The van der Waals surface area contributed by atoms with Crippen LogP contribution in [0.1, 0.15) is 12.8 Å². The average molecular weight is 258 g/mol. The van der Waals surface area contributed by atoms with Gasteiger partial charge in [0.2, 0.25) is 0 Å². The minimum absolute atomic E-state index is 0.0188. The zero-order chi connectivity index (χ0) is 12.6. The van der Waals surface area contributed by atoms with Crippen LogP contribution in [0.5, 0.6) is 0 Å². The second kappa shape index (κ2) is 4.39. The first-order valence-corrected chi connectivity index (χ1v) is 9.39. The van der Waals surface area contributed by atoms with Gasteiger partial charge in [-0.05, 0) is 18.4 Å². The lowest BCUT2D eigenvalue weighted by Crippen LogP contribution is -2.60. The molecular formula is C15H18O2Si. The molecule has 18 heavy (non-hydrogen) atoms. The summed E-state index contributed by atoms with van der Waals surface area (Å²) in [5.74, 6) is 0.117. The summed E-state index contributed by atoms with van der Waals surface area (Å²) in [4.78, 5) is 11.9. The molecule has 1 aromatic carbocycles. The van der Waals surface area contributed by atoms with Crippen molar-refractivity contribution in [3.63, 3.8) is 0 Å². The van der Waals surface area contributed by atoms with Gasteiger partial charge in [0.25, 0.3) is 0 Å². The van der Waals surface area contributed by atoms with Crippen molar-refractivity contribution in [1.82, 2.24) is 0 Å². The summed E-state index contributed by atoms with van der Waals surface area (Å²) in [6, 6.07) is 10.6. The summed E-state index contributed by atoms with van der Waals surface area (Å²) in [6.07, 6.45) is 7.12. The van der Waals surface area contributed by atoms with Crippen molar-refractivity contribution in [2.75, 3.05) is 6.23 Å². The van der Waals surface area contributed by atoms with Crippen molar-refractivity contribution in [3.05, 3.63) is 42.5 Å². The van der Waals surface area contributed by atoms with E-state index in [1.165, 1.54) is 5.19 Å². The number of esters is 1. The van der Waals surface area contributed by atoms with E-state index in [2.05, 4.69) is 43.0 Å². The number of hydrogen-bond acceptors (Lipinski definition) is 2. The third-order valence-electron chi connectivity index (χ3n) is 4.41. The molecular weight excluding hydrogens is 240 g/mol. The molecule has 0 aromatic heterocycles. The van der Waals surface area contributed by atoms with Gasteiger partial charge in [-0.25, -0.2) is 0 Å². The van der Waals surface area contributed by atoms with Crippen molar-refractivity contribution in [2.24, 2.45) is 5.92 Å². The summed E-state index contributed by atoms with van der Waals surface area (Å²) in [5, 5.41) is 1.40. The molecule has 3 rings (SSSR count). The van der Waals surface area contributed by atoms with E-state index in [0.29, 0.717) is 11.8 Å². The molecule has 1 aliphatic heterocycles. The van der Waals surface area contributed by atoms with Crippen LogP contribution in [0, 0.1) is 5.92 Å². The van der Waals surface area contributed by atoms with E-state index in [4.69, 9.17) is 4.74 Å². The second-order valence-electron chi connectivity index (χ2n) is 5.53. The number of carbonyl (C=O) groups is 1. The molecule has 3 atom stereocenters. The summed E-state index contributed by atoms with van der Waals surface area (Å²) < 4.78 is 5.51. The monoisotopic (exact) mass is 258 g/mol. The van der Waals surface area contributed by atoms with Crippen LogP contribution in [0.15, 0.2) is 42.5 Å². The first kappa shape index (κ1) is 11.7. The average Bonchev–Trinajstić information content (AvgIpc) is 2.44. The Morgan fingerprint density at radius 1 is 1.28 bits per heavy atom. The van der Waals surface area contributed by atoms with Gasteiger partial charge in [0.15, 0.2) is 0 Å². The number of benzene rings is 1. The first-order chi connectivity index (χ1) is 8.72. The Bertz CT molecular complexity index is 483. The Hall–Kier alpha value is -1.35. The summed E-state index contributed by atoms with van der Waals surface area (Å²) in [6.45, 7) is 2.35. The number of rotatable bonds is 1. The number of fused-ring (bicyclic) bond motifs is 1. The molecule has 1 fully saturated rings. The topological polar surface area (TPSA) is 26.3 Å².